The summed E-state index contributed by atoms with van der Waals surface area (Å²) < 4.78 is 0. The quantitative estimate of drug-likeness (QED) is 0.864. The first-order chi connectivity index (χ1) is 7.58. The van der Waals surface area contributed by atoms with Gasteiger partial charge in [-0.3, -0.25) is 4.98 Å². The highest BCUT2D eigenvalue weighted by Gasteiger charge is 2.13. The Morgan fingerprint density at radius 1 is 1.19 bits per heavy atom. The number of hydrogen-bond acceptors (Lipinski definition) is 3. The Balaban J connectivity index is 2.41. The third-order valence-electron chi connectivity index (χ3n) is 2.70. The van der Waals surface area contributed by atoms with E-state index in [0.29, 0.717) is 0 Å². The van der Waals surface area contributed by atoms with Gasteiger partial charge in [0, 0.05) is 16.3 Å². The van der Waals surface area contributed by atoms with Crippen LogP contribution in [0.2, 0.25) is 0 Å². The summed E-state index contributed by atoms with van der Waals surface area (Å²) in [5.74, 6) is 0. The van der Waals surface area contributed by atoms with E-state index in [9.17, 15) is 0 Å². The molecule has 0 aliphatic heterocycles. The Kier molecular flexibility index (Phi) is 3.08. The van der Waals surface area contributed by atoms with Gasteiger partial charge in [0.25, 0.3) is 0 Å². The number of nitrogens with two attached hydrogens (primary N) is 1. The van der Waals surface area contributed by atoms with E-state index in [1.165, 1.54) is 10.4 Å². The van der Waals surface area contributed by atoms with Gasteiger partial charge in [0.05, 0.1) is 6.04 Å². The average Bonchev–Trinajstić information content (AvgIpc) is 2.62. The largest absolute Gasteiger partial charge is 0.320 e. The lowest BCUT2D eigenvalue weighted by atomic mass is 10.00. The number of rotatable bonds is 2. The minimum atomic E-state index is -0.0355. The van der Waals surface area contributed by atoms with E-state index in [2.05, 4.69) is 35.5 Å². The number of pyridine rings is 1. The fourth-order valence-electron chi connectivity index (χ4n) is 1.94. The maximum Gasteiger partial charge on any atom is 0.0563 e. The van der Waals surface area contributed by atoms with Gasteiger partial charge in [-0.15, -0.1) is 11.3 Å². The number of hydrogen-bond donors (Lipinski definition) is 1. The van der Waals surface area contributed by atoms with Crippen LogP contribution >= 0.6 is 11.3 Å². The maximum atomic E-state index is 6.28. The molecular formula is C13H16N2S. The topological polar surface area (TPSA) is 38.9 Å². The van der Waals surface area contributed by atoms with E-state index in [1.54, 1.807) is 11.3 Å². The molecule has 0 fully saturated rings. The van der Waals surface area contributed by atoms with Crippen LogP contribution in [-0.2, 0) is 0 Å². The predicted octanol–water partition coefficient (Wildman–Crippen LogP) is 3.12. The van der Waals surface area contributed by atoms with Crippen molar-refractivity contribution in [3.8, 4) is 0 Å². The normalized spacial score (nSPS) is 12.8. The Hall–Kier alpha value is -1.19. The van der Waals surface area contributed by atoms with Crippen molar-refractivity contribution < 1.29 is 0 Å². The van der Waals surface area contributed by atoms with Crippen molar-refractivity contribution in [3.63, 3.8) is 0 Å². The zero-order valence-electron chi connectivity index (χ0n) is 9.82. The van der Waals surface area contributed by atoms with E-state index in [1.807, 2.05) is 13.8 Å². The van der Waals surface area contributed by atoms with Crippen molar-refractivity contribution in [2.45, 2.75) is 26.8 Å². The van der Waals surface area contributed by atoms with Crippen LogP contribution in [-0.4, -0.2) is 4.98 Å². The van der Waals surface area contributed by atoms with Gasteiger partial charge >= 0.3 is 0 Å². The number of aromatic nitrogens is 1. The summed E-state index contributed by atoms with van der Waals surface area (Å²) in [6, 6.07) is 6.20. The van der Waals surface area contributed by atoms with Gasteiger partial charge in [0.15, 0.2) is 0 Å². The summed E-state index contributed by atoms with van der Waals surface area (Å²) in [5, 5.41) is 2.09. The molecule has 1 unspecified atom stereocenters. The van der Waals surface area contributed by atoms with Crippen LogP contribution in [0.25, 0.3) is 0 Å². The lowest BCUT2D eigenvalue weighted by Crippen LogP contribution is -2.12. The number of thiophene rings is 1. The van der Waals surface area contributed by atoms with Gasteiger partial charge in [-0.2, -0.15) is 0 Å². The summed E-state index contributed by atoms with van der Waals surface area (Å²) in [4.78, 5) is 5.66. The van der Waals surface area contributed by atoms with Gasteiger partial charge in [-0.1, -0.05) is 0 Å². The molecule has 0 bridgehead atoms. The summed E-state index contributed by atoms with van der Waals surface area (Å²) in [5.41, 5.74) is 10.7. The van der Waals surface area contributed by atoms with Gasteiger partial charge in [0.1, 0.15) is 0 Å². The smallest absolute Gasteiger partial charge is 0.0563 e. The van der Waals surface area contributed by atoms with Crippen molar-refractivity contribution in [1.29, 1.82) is 0 Å². The van der Waals surface area contributed by atoms with E-state index in [-0.39, 0.29) is 6.04 Å². The average molecular weight is 232 g/mol. The zero-order valence-corrected chi connectivity index (χ0v) is 10.6. The first-order valence-corrected chi connectivity index (χ1v) is 6.20. The molecule has 0 aliphatic carbocycles. The lowest BCUT2D eigenvalue weighted by Gasteiger charge is -2.13. The number of aryl methyl sites for hydroxylation is 3. The van der Waals surface area contributed by atoms with Crippen LogP contribution in [0.4, 0.5) is 0 Å². The maximum absolute atomic E-state index is 6.28. The van der Waals surface area contributed by atoms with E-state index in [4.69, 9.17) is 5.73 Å². The molecule has 0 amide bonds. The molecule has 0 saturated carbocycles. The molecule has 2 rings (SSSR count). The summed E-state index contributed by atoms with van der Waals surface area (Å²) in [7, 11) is 0. The highest BCUT2D eigenvalue weighted by molar-refractivity contribution is 7.10. The molecule has 2 nitrogen and oxygen atoms in total. The van der Waals surface area contributed by atoms with Crippen molar-refractivity contribution in [3.05, 3.63) is 51.0 Å². The Morgan fingerprint density at radius 2 is 1.81 bits per heavy atom. The molecule has 0 radical (unpaired) electrons. The molecule has 2 aromatic heterocycles. The van der Waals surface area contributed by atoms with Crippen molar-refractivity contribution in [2.24, 2.45) is 5.73 Å². The van der Waals surface area contributed by atoms with Crippen LogP contribution in [0.1, 0.15) is 33.4 Å². The second kappa shape index (κ2) is 4.36. The highest BCUT2D eigenvalue weighted by atomic mass is 32.1. The van der Waals surface area contributed by atoms with Crippen LogP contribution in [0.3, 0.4) is 0 Å². The Bertz CT molecular complexity index is 482. The third-order valence-corrected chi connectivity index (χ3v) is 3.56. The second-order valence-corrected chi connectivity index (χ2v) is 5.21. The molecule has 16 heavy (non-hydrogen) atoms. The molecule has 2 N–H and O–H groups in total. The zero-order chi connectivity index (χ0) is 11.7. The van der Waals surface area contributed by atoms with Crippen LogP contribution in [0.15, 0.2) is 23.6 Å². The van der Waals surface area contributed by atoms with E-state index >= 15 is 0 Å². The first kappa shape index (κ1) is 11.3. The summed E-state index contributed by atoms with van der Waals surface area (Å²) >= 11 is 1.74. The Labute approximate surface area is 100 Å². The number of nitrogens with zero attached hydrogens (tertiary/aromatic N) is 1. The fraction of sp³-hybridized carbons (Fsp3) is 0.308. The molecule has 1 atom stereocenters. The molecule has 0 aromatic carbocycles. The van der Waals surface area contributed by atoms with Gasteiger partial charge in [0.2, 0.25) is 0 Å². The molecule has 0 saturated heterocycles. The Morgan fingerprint density at radius 3 is 2.31 bits per heavy atom. The minimum absolute atomic E-state index is 0.0355. The van der Waals surface area contributed by atoms with E-state index < -0.39 is 0 Å². The van der Waals surface area contributed by atoms with E-state index in [0.717, 1.165) is 17.0 Å². The molecule has 3 heteroatoms. The summed E-state index contributed by atoms with van der Waals surface area (Å²) in [6.07, 6.45) is 0. The SMILES string of the molecule is Cc1cc(C(N)c2ccsc2C)cc(C)n1. The minimum Gasteiger partial charge on any atom is -0.320 e. The van der Waals surface area contributed by atoms with Crippen molar-refractivity contribution in [2.75, 3.05) is 0 Å². The molecular weight excluding hydrogens is 216 g/mol. The van der Waals surface area contributed by atoms with Crippen LogP contribution in [0, 0.1) is 20.8 Å². The van der Waals surface area contributed by atoms with Gasteiger partial charge < -0.3 is 5.73 Å². The molecule has 84 valence electrons. The monoisotopic (exact) mass is 232 g/mol. The highest BCUT2D eigenvalue weighted by Crippen LogP contribution is 2.26. The third kappa shape index (κ3) is 2.15. The molecule has 2 aromatic rings. The van der Waals surface area contributed by atoms with Crippen molar-refractivity contribution in [1.82, 2.24) is 4.98 Å². The summed E-state index contributed by atoms with van der Waals surface area (Å²) in [6.45, 7) is 6.12. The molecule has 2 heterocycles. The second-order valence-electron chi connectivity index (χ2n) is 4.09. The van der Waals surface area contributed by atoms with Crippen LogP contribution < -0.4 is 5.73 Å². The van der Waals surface area contributed by atoms with Gasteiger partial charge in [-0.25, -0.2) is 0 Å². The standard InChI is InChI=1S/C13H16N2S/c1-8-6-11(7-9(2)15-8)13(14)12-4-5-16-10(12)3/h4-7,13H,14H2,1-3H3. The van der Waals surface area contributed by atoms with Crippen molar-refractivity contribution >= 4 is 11.3 Å². The predicted molar refractivity (Wildman–Crippen MR) is 68.8 cm³/mol. The van der Waals surface area contributed by atoms with Gasteiger partial charge in [-0.05, 0) is 55.5 Å². The first-order valence-electron chi connectivity index (χ1n) is 5.32. The van der Waals surface area contributed by atoms with Crippen LogP contribution in [0.5, 0.6) is 0 Å². The molecule has 0 spiro atoms. The fourth-order valence-corrected chi connectivity index (χ4v) is 2.69. The molecule has 0 aliphatic rings. The lowest BCUT2D eigenvalue weighted by molar-refractivity contribution is 0.858.